The lowest BCUT2D eigenvalue weighted by atomic mass is 9.70. The number of anilines is 3. The van der Waals surface area contributed by atoms with Gasteiger partial charge < -0.3 is 9.32 Å². The first-order valence-corrected chi connectivity index (χ1v) is 17.6. The number of fused-ring (bicyclic) bond motifs is 13. The molecular weight excluding hydrogens is 619 g/mol. The molecule has 9 aromatic rings. The Morgan fingerprint density at radius 3 is 1.59 bits per heavy atom. The van der Waals surface area contributed by atoms with Crippen molar-refractivity contribution < 1.29 is 4.42 Å². The van der Waals surface area contributed by atoms with Gasteiger partial charge in [0.2, 0.25) is 0 Å². The van der Waals surface area contributed by atoms with Gasteiger partial charge in [-0.1, -0.05) is 152 Å². The number of nitrogens with zero attached hydrogens (tertiary/aromatic N) is 1. The van der Waals surface area contributed by atoms with Crippen molar-refractivity contribution in [2.75, 3.05) is 4.90 Å². The van der Waals surface area contributed by atoms with Crippen LogP contribution in [0.4, 0.5) is 17.1 Å². The fourth-order valence-electron chi connectivity index (χ4n) is 9.09. The Labute approximate surface area is 296 Å². The van der Waals surface area contributed by atoms with Crippen LogP contribution >= 0.6 is 0 Å². The molecule has 0 saturated carbocycles. The molecule has 8 aromatic carbocycles. The largest absolute Gasteiger partial charge is 0.455 e. The van der Waals surface area contributed by atoms with Gasteiger partial charge >= 0.3 is 0 Å². The summed E-state index contributed by atoms with van der Waals surface area (Å²) < 4.78 is 6.44. The van der Waals surface area contributed by atoms with Gasteiger partial charge in [0.05, 0.1) is 11.1 Å². The second-order valence-corrected chi connectivity index (χ2v) is 13.6. The van der Waals surface area contributed by atoms with Crippen LogP contribution in [0.3, 0.4) is 0 Å². The van der Waals surface area contributed by atoms with E-state index in [4.69, 9.17) is 4.42 Å². The van der Waals surface area contributed by atoms with E-state index in [2.05, 4.69) is 181 Å². The first-order valence-electron chi connectivity index (χ1n) is 17.6. The minimum atomic E-state index is -0.459. The molecule has 0 amide bonds. The van der Waals surface area contributed by atoms with E-state index in [1.54, 1.807) is 0 Å². The first-order chi connectivity index (χ1) is 25.3. The standard InChI is InChI=1S/C49H31NO/c1-2-14-33(15-3-1)50(34-30-28-32(29-31-34)35-20-12-22-41-39-19-7-11-27-46(39)51-48(35)41)45-26-13-21-40-38-18-6-10-25-44(38)49(47(40)45)42-23-8-4-16-36(42)37-17-5-9-24-43(37)49/h1-31H. The molecule has 0 atom stereocenters. The molecular formula is C49H31NO. The molecule has 0 aliphatic heterocycles. The lowest BCUT2D eigenvalue weighted by molar-refractivity contribution is 0.670. The summed E-state index contributed by atoms with van der Waals surface area (Å²) in [5, 5.41) is 2.28. The van der Waals surface area contributed by atoms with Gasteiger partial charge in [-0.05, 0) is 80.9 Å². The molecule has 0 radical (unpaired) electrons. The SMILES string of the molecule is c1ccc(N(c2ccc(-c3cccc4c3oc3ccccc34)cc2)c2cccc3c2C2(c4ccccc4-c4ccccc42)c2ccccc2-3)cc1. The average molecular weight is 650 g/mol. The fourth-order valence-corrected chi connectivity index (χ4v) is 9.09. The molecule has 1 aromatic heterocycles. The minimum absolute atomic E-state index is 0.459. The Kier molecular flexibility index (Phi) is 5.91. The van der Waals surface area contributed by atoms with E-state index in [0.29, 0.717) is 0 Å². The van der Waals surface area contributed by atoms with Gasteiger partial charge in [-0.3, -0.25) is 0 Å². The van der Waals surface area contributed by atoms with Gasteiger partial charge in [-0.25, -0.2) is 0 Å². The molecule has 1 heterocycles. The monoisotopic (exact) mass is 649 g/mol. The molecule has 1 spiro atoms. The maximum Gasteiger partial charge on any atom is 0.143 e. The average Bonchev–Trinajstić information content (AvgIpc) is 3.83. The Bertz CT molecular complexity index is 2750. The predicted octanol–water partition coefficient (Wildman–Crippen LogP) is 13.1. The number of hydrogen-bond acceptors (Lipinski definition) is 2. The number of para-hydroxylation sites is 3. The number of rotatable bonds is 4. The lowest BCUT2D eigenvalue weighted by Gasteiger charge is -2.35. The molecule has 0 N–H and O–H groups in total. The highest BCUT2D eigenvalue weighted by molar-refractivity contribution is 6.09. The summed E-state index contributed by atoms with van der Waals surface area (Å²) in [4.78, 5) is 2.45. The smallest absolute Gasteiger partial charge is 0.143 e. The van der Waals surface area contributed by atoms with Crippen molar-refractivity contribution in [3.63, 3.8) is 0 Å². The first kappa shape index (κ1) is 28.2. The van der Waals surface area contributed by atoms with Crippen molar-refractivity contribution in [3.8, 4) is 33.4 Å². The maximum absolute atomic E-state index is 6.44. The van der Waals surface area contributed by atoms with Crippen LogP contribution in [0.2, 0.25) is 0 Å². The topological polar surface area (TPSA) is 16.4 Å². The third-order valence-corrected chi connectivity index (χ3v) is 11.1. The summed E-state index contributed by atoms with van der Waals surface area (Å²) in [6, 6.07) is 68.4. The van der Waals surface area contributed by atoms with Crippen LogP contribution in [0.1, 0.15) is 22.3 Å². The highest BCUT2D eigenvalue weighted by Crippen LogP contribution is 2.65. The van der Waals surface area contributed by atoms with E-state index in [1.165, 1.54) is 50.2 Å². The van der Waals surface area contributed by atoms with E-state index in [-0.39, 0.29) is 0 Å². The molecule has 51 heavy (non-hydrogen) atoms. The summed E-state index contributed by atoms with van der Waals surface area (Å²) in [5.74, 6) is 0. The Hall–Kier alpha value is -6.64. The van der Waals surface area contributed by atoms with Gasteiger partial charge in [0.1, 0.15) is 11.2 Å². The van der Waals surface area contributed by atoms with Crippen molar-refractivity contribution in [1.82, 2.24) is 0 Å². The van der Waals surface area contributed by atoms with Crippen LogP contribution in [-0.2, 0) is 5.41 Å². The van der Waals surface area contributed by atoms with Crippen molar-refractivity contribution in [1.29, 1.82) is 0 Å². The second-order valence-electron chi connectivity index (χ2n) is 13.6. The summed E-state index contributed by atoms with van der Waals surface area (Å²) in [6.45, 7) is 0. The van der Waals surface area contributed by atoms with E-state index in [1.807, 2.05) is 12.1 Å². The molecule has 2 heteroatoms. The fraction of sp³-hybridized carbons (Fsp3) is 0.0204. The molecule has 0 bridgehead atoms. The molecule has 0 saturated heterocycles. The summed E-state index contributed by atoms with van der Waals surface area (Å²) in [5.41, 5.74) is 17.5. The second kappa shape index (κ2) is 10.7. The number of furan rings is 1. The van der Waals surface area contributed by atoms with Gasteiger partial charge in [-0.2, -0.15) is 0 Å². The number of hydrogen-bond donors (Lipinski definition) is 0. The van der Waals surface area contributed by atoms with E-state index >= 15 is 0 Å². The minimum Gasteiger partial charge on any atom is -0.455 e. The normalized spacial score (nSPS) is 13.3. The molecule has 238 valence electrons. The van der Waals surface area contributed by atoms with E-state index in [0.717, 1.165) is 44.4 Å². The Morgan fingerprint density at radius 1 is 0.373 bits per heavy atom. The highest BCUT2D eigenvalue weighted by Gasteiger charge is 2.53. The van der Waals surface area contributed by atoms with Crippen LogP contribution in [0.25, 0.3) is 55.3 Å². The van der Waals surface area contributed by atoms with Crippen molar-refractivity contribution in [2.45, 2.75) is 5.41 Å². The zero-order chi connectivity index (χ0) is 33.5. The van der Waals surface area contributed by atoms with Gasteiger partial charge in [0, 0.05) is 33.3 Å². The Morgan fingerprint density at radius 2 is 0.882 bits per heavy atom. The third-order valence-electron chi connectivity index (χ3n) is 11.1. The van der Waals surface area contributed by atoms with E-state index in [9.17, 15) is 0 Å². The molecule has 2 aliphatic carbocycles. The number of benzene rings is 8. The quantitative estimate of drug-likeness (QED) is 0.189. The van der Waals surface area contributed by atoms with Crippen molar-refractivity contribution in [3.05, 3.63) is 210 Å². The zero-order valence-electron chi connectivity index (χ0n) is 27.8. The van der Waals surface area contributed by atoms with Crippen LogP contribution in [0, 0.1) is 0 Å². The van der Waals surface area contributed by atoms with Crippen LogP contribution in [0.15, 0.2) is 192 Å². The summed E-state index contributed by atoms with van der Waals surface area (Å²) in [6.07, 6.45) is 0. The predicted molar refractivity (Wildman–Crippen MR) is 210 cm³/mol. The molecule has 2 aliphatic rings. The third kappa shape index (κ3) is 3.82. The molecule has 11 rings (SSSR count). The highest BCUT2D eigenvalue weighted by atomic mass is 16.3. The summed E-state index contributed by atoms with van der Waals surface area (Å²) in [7, 11) is 0. The molecule has 2 nitrogen and oxygen atoms in total. The lowest BCUT2D eigenvalue weighted by Crippen LogP contribution is -2.28. The van der Waals surface area contributed by atoms with Crippen molar-refractivity contribution in [2.24, 2.45) is 0 Å². The Balaban J connectivity index is 1.15. The zero-order valence-corrected chi connectivity index (χ0v) is 27.8. The summed E-state index contributed by atoms with van der Waals surface area (Å²) >= 11 is 0. The van der Waals surface area contributed by atoms with Gasteiger partial charge in [-0.15, -0.1) is 0 Å². The van der Waals surface area contributed by atoms with Crippen LogP contribution in [0.5, 0.6) is 0 Å². The molecule has 0 unspecified atom stereocenters. The van der Waals surface area contributed by atoms with Crippen LogP contribution in [-0.4, -0.2) is 0 Å². The van der Waals surface area contributed by atoms with Crippen LogP contribution < -0.4 is 4.90 Å². The van der Waals surface area contributed by atoms with E-state index < -0.39 is 5.41 Å². The van der Waals surface area contributed by atoms with Gasteiger partial charge in [0.15, 0.2) is 0 Å². The van der Waals surface area contributed by atoms with Gasteiger partial charge in [0.25, 0.3) is 0 Å². The van der Waals surface area contributed by atoms with Crippen molar-refractivity contribution >= 4 is 39.0 Å². The molecule has 0 fully saturated rings. The maximum atomic E-state index is 6.44.